The summed E-state index contributed by atoms with van der Waals surface area (Å²) in [6, 6.07) is 0. The molecule has 0 aliphatic carbocycles. The Morgan fingerprint density at radius 1 is 1.40 bits per heavy atom. The van der Waals surface area contributed by atoms with Gasteiger partial charge in [-0.1, -0.05) is 0 Å². The van der Waals surface area contributed by atoms with Crippen LogP contribution in [-0.2, 0) is 3.10 Å². The molecule has 0 spiro atoms. The van der Waals surface area contributed by atoms with Crippen LogP contribution in [0, 0.1) is 0 Å². The van der Waals surface area contributed by atoms with E-state index < -0.39 is 20.4 Å². The summed E-state index contributed by atoms with van der Waals surface area (Å²) in [5.41, 5.74) is 0. The summed E-state index contributed by atoms with van der Waals surface area (Å²) in [6.45, 7) is 0. The maximum Gasteiger partial charge on any atom is 0 e. The van der Waals surface area contributed by atoms with Gasteiger partial charge in [0.15, 0.2) is 0 Å². The predicted octanol–water partition coefficient (Wildman–Crippen LogP) is -1.99. The van der Waals surface area contributed by atoms with Crippen molar-refractivity contribution >= 4 is 47.7 Å². The van der Waals surface area contributed by atoms with Crippen molar-refractivity contribution in [3.63, 3.8) is 0 Å². The van der Waals surface area contributed by atoms with Gasteiger partial charge in [-0.15, -0.1) is 0 Å². The first-order valence-electron chi connectivity index (χ1n) is 0.532. The van der Waals surface area contributed by atoms with Gasteiger partial charge in [-0.3, -0.25) is 0 Å². The summed E-state index contributed by atoms with van der Waals surface area (Å²) < 4.78 is 23.3. The molecule has 0 saturated carbocycles. The molecule has 0 saturated heterocycles. The maximum atomic E-state index is 8.81. The fourth-order valence-corrected chi connectivity index (χ4v) is 0. The van der Waals surface area contributed by atoms with Crippen molar-refractivity contribution < 1.29 is 10.0 Å². The first-order chi connectivity index (χ1) is 1.73. The van der Waals surface area contributed by atoms with Crippen LogP contribution in [-0.4, -0.2) is 54.6 Å². The summed E-state index contributed by atoms with van der Waals surface area (Å²) in [5, 5.41) is 0. The first-order valence-corrected chi connectivity index (χ1v) is 3.57. The van der Waals surface area contributed by atoms with E-state index in [4.69, 9.17) is 10.0 Å². The third-order valence-corrected chi connectivity index (χ3v) is 0. The van der Waals surface area contributed by atoms with E-state index in [-0.39, 0.29) is 27.3 Å². The Bertz CT molecular complexity index is 29.9. The standard InChI is InChI=1S/H2O3Te.Tl/c1-4(2)3;/h(H2,1,2,3);. The van der Waals surface area contributed by atoms with Crippen LogP contribution in [0.3, 0.4) is 0 Å². The molecule has 0 aromatic heterocycles. The molecule has 2 N–H and O–H groups in total. The summed E-state index contributed by atoms with van der Waals surface area (Å²) in [4.78, 5) is 0. The van der Waals surface area contributed by atoms with E-state index in [2.05, 4.69) is 0 Å². The number of hydrogen-bond acceptors (Lipinski definition) is 1. The van der Waals surface area contributed by atoms with E-state index in [1.807, 2.05) is 0 Å². The molecule has 29 valence electrons. The molecule has 0 aliphatic rings. The van der Waals surface area contributed by atoms with Crippen LogP contribution in [0.4, 0.5) is 0 Å². The van der Waals surface area contributed by atoms with Gasteiger partial charge < -0.3 is 0 Å². The van der Waals surface area contributed by atoms with Crippen LogP contribution in [0.25, 0.3) is 0 Å². The molecule has 0 amide bonds. The fourth-order valence-electron chi connectivity index (χ4n) is 0. The Morgan fingerprint density at radius 3 is 1.40 bits per heavy atom. The Morgan fingerprint density at radius 2 is 1.40 bits per heavy atom. The normalized spacial score (nSPS) is 7.00. The zero-order valence-electron chi connectivity index (χ0n) is 2.29. The van der Waals surface area contributed by atoms with Gasteiger partial charge in [0.2, 0.25) is 0 Å². The van der Waals surface area contributed by atoms with Crippen LogP contribution in [0.2, 0.25) is 0 Å². The molecule has 5 heteroatoms. The summed E-state index contributed by atoms with van der Waals surface area (Å²) >= 11 is -3.61. The van der Waals surface area contributed by atoms with Gasteiger partial charge in [-0.25, -0.2) is 0 Å². The van der Waals surface area contributed by atoms with E-state index in [1.54, 1.807) is 0 Å². The largest absolute Gasteiger partial charge is 0 e. The topological polar surface area (TPSA) is 57.5 Å². The SMILES string of the molecule is O=[Te](O)O.[Tl]. The Kier molecular flexibility index (Phi) is 10.5. The van der Waals surface area contributed by atoms with Gasteiger partial charge in [-0.05, 0) is 0 Å². The van der Waals surface area contributed by atoms with Crippen LogP contribution >= 0.6 is 0 Å². The third kappa shape index (κ3) is 31.2. The molecule has 0 bridgehead atoms. The van der Waals surface area contributed by atoms with Gasteiger partial charge in [0.05, 0.1) is 0 Å². The fraction of sp³-hybridized carbons (Fsp3) is 0. The van der Waals surface area contributed by atoms with E-state index >= 15 is 0 Å². The van der Waals surface area contributed by atoms with Crippen molar-refractivity contribution in [3.05, 3.63) is 0 Å². The smallest absolute Gasteiger partial charge is 0 e. The van der Waals surface area contributed by atoms with Crippen molar-refractivity contribution in [3.8, 4) is 0 Å². The van der Waals surface area contributed by atoms with Crippen LogP contribution in [0.5, 0.6) is 0 Å². The maximum absolute atomic E-state index is 8.81. The molecule has 0 atom stereocenters. The summed E-state index contributed by atoms with van der Waals surface area (Å²) in [7, 11) is 0. The molecule has 5 heavy (non-hydrogen) atoms. The van der Waals surface area contributed by atoms with Crippen molar-refractivity contribution in [1.29, 1.82) is 0 Å². The minimum Gasteiger partial charge on any atom is 0 e. The second-order valence-corrected chi connectivity index (χ2v) is 1.55. The molecule has 0 aromatic rings. The minimum atomic E-state index is -3.61. The zero-order chi connectivity index (χ0) is 3.58. The second-order valence-electron chi connectivity index (χ2n) is 0.231. The molecular formula is H2O3TeTl. The average Bonchev–Trinajstić information content (AvgIpc) is 0.811. The van der Waals surface area contributed by atoms with Gasteiger partial charge >= 0.3 is 30.4 Å². The molecular weight excluding hydrogens is 380 g/mol. The summed E-state index contributed by atoms with van der Waals surface area (Å²) in [5.74, 6) is 0. The molecule has 1 radical (unpaired) electrons. The van der Waals surface area contributed by atoms with Crippen LogP contribution < -0.4 is 0 Å². The number of rotatable bonds is 0. The monoisotopic (exact) mass is 385 g/mol. The van der Waals surface area contributed by atoms with Gasteiger partial charge in [0, 0.05) is 27.3 Å². The Hall–Kier alpha value is 1.43. The van der Waals surface area contributed by atoms with Crippen molar-refractivity contribution in [2.75, 3.05) is 0 Å². The Labute approximate surface area is 57.3 Å². The molecule has 3 nitrogen and oxygen atoms in total. The third-order valence-electron chi connectivity index (χ3n) is 0. The second kappa shape index (κ2) is 5.43. The minimum absolute atomic E-state index is 0. The number of hydrogen-bond donors (Lipinski definition) is 2. The van der Waals surface area contributed by atoms with Crippen molar-refractivity contribution in [2.24, 2.45) is 0 Å². The molecule has 0 fully saturated rings. The zero-order valence-corrected chi connectivity index (χ0v) is 9.11. The van der Waals surface area contributed by atoms with Crippen molar-refractivity contribution in [2.45, 2.75) is 0 Å². The molecule has 0 unspecified atom stereocenters. The van der Waals surface area contributed by atoms with Gasteiger partial charge in [0.25, 0.3) is 0 Å². The van der Waals surface area contributed by atoms with Crippen LogP contribution in [0.15, 0.2) is 0 Å². The van der Waals surface area contributed by atoms with Crippen molar-refractivity contribution in [1.82, 2.24) is 0 Å². The molecule has 0 aromatic carbocycles. The van der Waals surface area contributed by atoms with E-state index in [0.29, 0.717) is 0 Å². The quantitative estimate of drug-likeness (QED) is 0.477. The predicted molar refractivity (Wildman–Crippen MR) is 16.6 cm³/mol. The van der Waals surface area contributed by atoms with Gasteiger partial charge in [0.1, 0.15) is 0 Å². The molecule has 0 rings (SSSR count). The van der Waals surface area contributed by atoms with E-state index in [9.17, 15) is 0 Å². The van der Waals surface area contributed by atoms with E-state index in [0.717, 1.165) is 0 Å². The average molecular weight is 382 g/mol. The van der Waals surface area contributed by atoms with Crippen LogP contribution in [0.1, 0.15) is 0 Å². The summed E-state index contributed by atoms with van der Waals surface area (Å²) in [6.07, 6.45) is 0. The van der Waals surface area contributed by atoms with E-state index in [1.165, 1.54) is 0 Å². The molecule has 0 heterocycles. The Balaban J connectivity index is 0. The molecule has 0 aliphatic heterocycles. The first kappa shape index (κ1) is 9.66. The van der Waals surface area contributed by atoms with Gasteiger partial charge in [-0.2, -0.15) is 0 Å².